The second kappa shape index (κ2) is 3.93. The number of rotatable bonds is 4. The fourth-order valence-corrected chi connectivity index (χ4v) is 1.44. The van der Waals surface area contributed by atoms with Crippen LogP contribution in [0.5, 0.6) is 0 Å². The van der Waals surface area contributed by atoms with Crippen molar-refractivity contribution >= 4 is 25.5 Å². The molecule has 0 aromatic rings. The molecule has 0 aliphatic rings. The SMILES string of the molecule is CCCC(=O)CS(=O)(=O)Cl. The number of Topliss-reactive ketones (excluding diaryl/α,β-unsaturated/α-hetero) is 1. The summed E-state index contributed by atoms with van der Waals surface area (Å²) in [7, 11) is 1.19. The Morgan fingerprint density at radius 1 is 1.50 bits per heavy atom. The van der Waals surface area contributed by atoms with E-state index in [-0.39, 0.29) is 12.2 Å². The molecule has 0 rings (SSSR count). The smallest absolute Gasteiger partial charge is 0.239 e. The third-order valence-electron chi connectivity index (χ3n) is 0.862. The highest BCUT2D eigenvalue weighted by Gasteiger charge is 2.11. The molecule has 0 N–H and O–H groups in total. The van der Waals surface area contributed by atoms with Crippen molar-refractivity contribution in [3.8, 4) is 0 Å². The van der Waals surface area contributed by atoms with Crippen molar-refractivity contribution in [3.05, 3.63) is 0 Å². The zero-order valence-electron chi connectivity index (χ0n) is 5.63. The van der Waals surface area contributed by atoms with Gasteiger partial charge in [0, 0.05) is 17.1 Å². The Kier molecular flexibility index (Phi) is 3.89. The van der Waals surface area contributed by atoms with Gasteiger partial charge in [0.05, 0.1) is 0 Å². The van der Waals surface area contributed by atoms with E-state index in [2.05, 4.69) is 0 Å². The van der Waals surface area contributed by atoms with Crippen LogP contribution in [0, 0.1) is 0 Å². The molecule has 0 aliphatic heterocycles. The molecule has 0 amide bonds. The largest absolute Gasteiger partial charge is 0.299 e. The first kappa shape index (κ1) is 9.91. The first-order valence-corrected chi connectivity index (χ1v) is 5.37. The lowest BCUT2D eigenvalue weighted by Gasteiger charge is -1.92. The average molecular weight is 185 g/mol. The van der Waals surface area contributed by atoms with E-state index in [1.807, 2.05) is 0 Å². The van der Waals surface area contributed by atoms with Crippen LogP contribution in [0.25, 0.3) is 0 Å². The van der Waals surface area contributed by atoms with Crippen LogP contribution in [0.1, 0.15) is 19.8 Å². The van der Waals surface area contributed by atoms with E-state index in [1.165, 1.54) is 0 Å². The predicted octanol–water partition coefficient (Wildman–Crippen LogP) is 0.924. The van der Waals surface area contributed by atoms with Gasteiger partial charge in [0.2, 0.25) is 9.05 Å². The summed E-state index contributed by atoms with van der Waals surface area (Å²) in [4.78, 5) is 10.6. The molecular formula is C5H9ClO3S. The van der Waals surface area contributed by atoms with Gasteiger partial charge in [0.15, 0.2) is 0 Å². The maximum absolute atomic E-state index is 10.6. The van der Waals surface area contributed by atoms with Crippen LogP contribution in [0.15, 0.2) is 0 Å². The molecular weight excluding hydrogens is 176 g/mol. The molecule has 3 nitrogen and oxygen atoms in total. The molecule has 0 fully saturated rings. The van der Waals surface area contributed by atoms with Crippen molar-refractivity contribution in [2.45, 2.75) is 19.8 Å². The third-order valence-corrected chi connectivity index (χ3v) is 1.86. The highest BCUT2D eigenvalue weighted by Crippen LogP contribution is 1.99. The van der Waals surface area contributed by atoms with Crippen molar-refractivity contribution in [3.63, 3.8) is 0 Å². The molecule has 10 heavy (non-hydrogen) atoms. The molecule has 0 aromatic heterocycles. The van der Waals surface area contributed by atoms with Gasteiger partial charge in [0.1, 0.15) is 11.5 Å². The minimum Gasteiger partial charge on any atom is -0.299 e. The molecule has 5 heteroatoms. The molecule has 0 unspecified atom stereocenters. The summed E-state index contributed by atoms with van der Waals surface area (Å²) in [6, 6.07) is 0. The van der Waals surface area contributed by atoms with Crippen LogP contribution in [-0.2, 0) is 13.8 Å². The first-order chi connectivity index (χ1) is 4.45. The van der Waals surface area contributed by atoms with Gasteiger partial charge in [-0.05, 0) is 6.42 Å². The quantitative estimate of drug-likeness (QED) is 0.611. The number of hydrogen-bond donors (Lipinski definition) is 0. The fraction of sp³-hybridized carbons (Fsp3) is 0.800. The van der Waals surface area contributed by atoms with Crippen LogP contribution < -0.4 is 0 Å². The molecule has 0 saturated carbocycles. The van der Waals surface area contributed by atoms with E-state index in [9.17, 15) is 13.2 Å². The lowest BCUT2D eigenvalue weighted by Crippen LogP contribution is -2.09. The Morgan fingerprint density at radius 2 is 2.00 bits per heavy atom. The van der Waals surface area contributed by atoms with Crippen LogP contribution in [0.3, 0.4) is 0 Å². The number of ketones is 1. The fourth-order valence-electron chi connectivity index (χ4n) is 0.543. The number of carbonyl (C=O) groups is 1. The van der Waals surface area contributed by atoms with Crippen molar-refractivity contribution in [1.29, 1.82) is 0 Å². The second-order valence-corrected chi connectivity index (χ2v) is 4.75. The van der Waals surface area contributed by atoms with Gasteiger partial charge in [-0.3, -0.25) is 4.79 Å². The van der Waals surface area contributed by atoms with E-state index in [1.54, 1.807) is 6.92 Å². The van der Waals surface area contributed by atoms with Crippen molar-refractivity contribution in [2.24, 2.45) is 0 Å². The molecule has 0 aromatic carbocycles. The zero-order chi connectivity index (χ0) is 8.20. The summed E-state index contributed by atoms with van der Waals surface area (Å²) < 4.78 is 20.5. The maximum Gasteiger partial charge on any atom is 0.239 e. The van der Waals surface area contributed by atoms with E-state index < -0.39 is 14.8 Å². The monoisotopic (exact) mass is 184 g/mol. The maximum atomic E-state index is 10.6. The topological polar surface area (TPSA) is 51.2 Å². The normalized spacial score (nSPS) is 11.4. The summed E-state index contributed by atoms with van der Waals surface area (Å²) in [6.45, 7) is 1.80. The summed E-state index contributed by atoms with van der Waals surface area (Å²) in [5, 5.41) is 0. The minimum atomic E-state index is -3.62. The van der Waals surface area contributed by atoms with Crippen molar-refractivity contribution < 1.29 is 13.2 Å². The van der Waals surface area contributed by atoms with Gasteiger partial charge >= 0.3 is 0 Å². The van der Waals surface area contributed by atoms with Gasteiger partial charge in [0.25, 0.3) is 0 Å². The van der Waals surface area contributed by atoms with E-state index >= 15 is 0 Å². The molecule has 0 bridgehead atoms. The highest BCUT2D eigenvalue weighted by molar-refractivity contribution is 8.14. The number of hydrogen-bond acceptors (Lipinski definition) is 3. The lowest BCUT2D eigenvalue weighted by molar-refractivity contribution is -0.116. The second-order valence-electron chi connectivity index (χ2n) is 1.97. The minimum absolute atomic E-state index is 0.284. The lowest BCUT2D eigenvalue weighted by atomic mass is 10.3. The standard InChI is InChI=1S/C5H9ClO3S/c1-2-3-5(7)4-10(6,8)9/h2-4H2,1H3. The summed E-state index contributed by atoms with van der Waals surface area (Å²) >= 11 is 0. The van der Waals surface area contributed by atoms with Gasteiger partial charge in [-0.25, -0.2) is 8.42 Å². The Morgan fingerprint density at radius 3 is 2.30 bits per heavy atom. The van der Waals surface area contributed by atoms with Gasteiger partial charge in [-0.1, -0.05) is 6.92 Å². The molecule has 60 valence electrons. The van der Waals surface area contributed by atoms with Crippen LogP contribution in [-0.4, -0.2) is 20.0 Å². The number of halogens is 1. The van der Waals surface area contributed by atoms with Crippen molar-refractivity contribution in [1.82, 2.24) is 0 Å². The van der Waals surface area contributed by atoms with Crippen molar-refractivity contribution in [2.75, 3.05) is 5.75 Å². The summed E-state index contributed by atoms with van der Waals surface area (Å²) in [5.41, 5.74) is 0. The van der Waals surface area contributed by atoms with Gasteiger partial charge in [-0.15, -0.1) is 0 Å². The highest BCUT2D eigenvalue weighted by atomic mass is 35.7. The first-order valence-electron chi connectivity index (χ1n) is 2.89. The van der Waals surface area contributed by atoms with E-state index in [0.717, 1.165) is 0 Å². The predicted molar refractivity (Wildman–Crippen MR) is 39.6 cm³/mol. The summed E-state index contributed by atoms with van der Waals surface area (Å²) in [5.74, 6) is -0.861. The van der Waals surface area contributed by atoms with E-state index in [4.69, 9.17) is 10.7 Å². The molecule has 0 aliphatic carbocycles. The third kappa shape index (κ3) is 6.04. The molecule has 0 heterocycles. The van der Waals surface area contributed by atoms with Crippen LogP contribution in [0.4, 0.5) is 0 Å². The Bertz CT molecular complexity index is 207. The molecule has 0 atom stereocenters. The Hall–Kier alpha value is -0.0900. The molecule has 0 spiro atoms. The van der Waals surface area contributed by atoms with Gasteiger partial charge in [-0.2, -0.15) is 0 Å². The van der Waals surface area contributed by atoms with Crippen LogP contribution in [0.2, 0.25) is 0 Å². The van der Waals surface area contributed by atoms with E-state index in [0.29, 0.717) is 6.42 Å². The Labute approximate surface area is 64.8 Å². The van der Waals surface area contributed by atoms with Crippen LogP contribution >= 0.6 is 10.7 Å². The Balaban J connectivity index is 3.82. The van der Waals surface area contributed by atoms with Gasteiger partial charge < -0.3 is 0 Å². The molecule has 0 radical (unpaired) electrons. The summed E-state index contributed by atoms with van der Waals surface area (Å²) in [6.07, 6.45) is 0.942. The average Bonchev–Trinajstić information content (AvgIpc) is 1.59. The molecule has 0 saturated heterocycles. The zero-order valence-corrected chi connectivity index (χ0v) is 7.20. The number of carbonyl (C=O) groups excluding carboxylic acids is 1.